The van der Waals surface area contributed by atoms with Crippen LogP contribution < -0.4 is 0 Å². The van der Waals surface area contributed by atoms with E-state index in [0.717, 1.165) is 22.3 Å². The van der Waals surface area contributed by atoms with Gasteiger partial charge in [-0.15, -0.1) is 0 Å². The van der Waals surface area contributed by atoms with Crippen LogP contribution in [0.15, 0.2) is 49.2 Å². The Morgan fingerprint density at radius 3 is 2.68 bits per heavy atom. The lowest BCUT2D eigenvalue weighted by atomic mass is 9.91. The van der Waals surface area contributed by atoms with Gasteiger partial charge in [0.1, 0.15) is 5.69 Å². The van der Waals surface area contributed by atoms with E-state index in [4.69, 9.17) is 4.74 Å². The SMILES string of the molecule is C=C(C1=CN(C)C(=C=O)c2[nH]c(C(=O)OCC)cc21)c1ccccc1. The maximum Gasteiger partial charge on any atom is 0.354 e. The van der Waals surface area contributed by atoms with E-state index in [1.807, 2.05) is 42.5 Å². The first kappa shape index (κ1) is 16.6. The predicted octanol–water partition coefficient (Wildman–Crippen LogP) is 3.36. The molecule has 1 N–H and O–H groups in total. The van der Waals surface area contributed by atoms with Gasteiger partial charge in [0.2, 0.25) is 0 Å². The molecular formula is C20H18N2O3. The molecule has 2 aromatic rings. The zero-order chi connectivity index (χ0) is 18.0. The molecule has 1 aliphatic rings. The minimum absolute atomic E-state index is 0.276. The fourth-order valence-corrected chi connectivity index (χ4v) is 2.84. The number of nitrogens with one attached hydrogen (secondary N) is 1. The number of hydrogen-bond acceptors (Lipinski definition) is 4. The first-order valence-electron chi connectivity index (χ1n) is 7.92. The molecule has 0 saturated carbocycles. The summed E-state index contributed by atoms with van der Waals surface area (Å²) < 4.78 is 5.05. The predicted molar refractivity (Wildman–Crippen MR) is 97.1 cm³/mol. The van der Waals surface area contributed by atoms with Crippen molar-refractivity contribution >= 4 is 28.8 Å². The van der Waals surface area contributed by atoms with Crippen LogP contribution >= 0.6 is 0 Å². The number of aromatic amines is 1. The van der Waals surface area contributed by atoms with Crippen LogP contribution in [0.4, 0.5) is 0 Å². The number of rotatable bonds is 4. The molecule has 0 unspecified atom stereocenters. The van der Waals surface area contributed by atoms with Crippen molar-refractivity contribution in [1.82, 2.24) is 9.88 Å². The molecule has 1 aromatic carbocycles. The third kappa shape index (κ3) is 2.93. The highest BCUT2D eigenvalue weighted by molar-refractivity contribution is 6.10. The summed E-state index contributed by atoms with van der Waals surface area (Å²) in [5, 5.41) is 0. The summed E-state index contributed by atoms with van der Waals surface area (Å²) >= 11 is 0. The second-order valence-corrected chi connectivity index (χ2v) is 5.64. The second kappa shape index (κ2) is 6.67. The monoisotopic (exact) mass is 334 g/mol. The van der Waals surface area contributed by atoms with Gasteiger partial charge in [-0.1, -0.05) is 36.9 Å². The van der Waals surface area contributed by atoms with E-state index in [0.29, 0.717) is 17.1 Å². The van der Waals surface area contributed by atoms with E-state index in [1.165, 1.54) is 0 Å². The standard InChI is InChI=1S/C20H18N2O3/c1-4-25-20(24)17-10-15-16(13(2)14-8-6-5-7-9-14)11-22(3)18(12-23)19(15)21-17/h5-11,21H,2,4H2,1,3H3. The number of fused-ring (bicyclic) bond motifs is 1. The lowest BCUT2D eigenvalue weighted by Gasteiger charge is -2.24. The van der Waals surface area contributed by atoms with Gasteiger partial charge in [0, 0.05) is 24.4 Å². The maximum absolute atomic E-state index is 12.1. The summed E-state index contributed by atoms with van der Waals surface area (Å²) in [4.78, 5) is 28.1. The van der Waals surface area contributed by atoms with Crippen LogP contribution in [-0.2, 0) is 9.53 Å². The van der Waals surface area contributed by atoms with Gasteiger partial charge in [-0.25, -0.2) is 9.59 Å². The quantitative estimate of drug-likeness (QED) is 0.688. The molecule has 0 spiro atoms. The summed E-state index contributed by atoms with van der Waals surface area (Å²) in [6.07, 6.45) is 1.82. The summed E-state index contributed by atoms with van der Waals surface area (Å²) in [5.41, 5.74) is 4.48. The molecule has 3 rings (SSSR count). The molecular weight excluding hydrogens is 316 g/mol. The van der Waals surface area contributed by atoms with E-state index in [1.54, 1.807) is 24.9 Å². The van der Waals surface area contributed by atoms with E-state index >= 15 is 0 Å². The van der Waals surface area contributed by atoms with Crippen LogP contribution in [-0.4, -0.2) is 35.4 Å². The Labute approximate surface area is 145 Å². The lowest BCUT2D eigenvalue weighted by Crippen LogP contribution is -2.17. The Morgan fingerprint density at radius 1 is 1.32 bits per heavy atom. The molecule has 1 aromatic heterocycles. The van der Waals surface area contributed by atoms with Gasteiger partial charge in [-0.3, -0.25) is 0 Å². The highest BCUT2D eigenvalue weighted by atomic mass is 16.5. The van der Waals surface area contributed by atoms with Gasteiger partial charge in [-0.2, -0.15) is 0 Å². The summed E-state index contributed by atoms with van der Waals surface area (Å²) in [7, 11) is 1.76. The highest BCUT2D eigenvalue weighted by Gasteiger charge is 2.27. The third-order valence-corrected chi connectivity index (χ3v) is 4.06. The molecule has 5 heteroatoms. The lowest BCUT2D eigenvalue weighted by molar-refractivity contribution is 0.0520. The van der Waals surface area contributed by atoms with Crippen LogP contribution in [0.1, 0.15) is 34.2 Å². The average molecular weight is 334 g/mol. The largest absolute Gasteiger partial charge is 0.461 e. The fourth-order valence-electron chi connectivity index (χ4n) is 2.84. The van der Waals surface area contributed by atoms with Crippen molar-refractivity contribution in [1.29, 1.82) is 0 Å². The molecule has 5 nitrogen and oxygen atoms in total. The minimum Gasteiger partial charge on any atom is -0.461 e. The number of hydrogen-bond donors (Lipinski definition) is 1. The van der Waals surface area contributed by atoms with Crippen LogP contribution in [0, 0.1) is 0 Å². The molecule has 126 valence electrons. The molecule has 1 aliphatic heterocycles. The van der Waals surface area contributed by atoms with E-state index < -0.39 is 5.97 Å². The number of ether oxygens (including phenoxy) is 1. The fraction of sp³-hybridized carbons (Fsp3) is 0.150. The third-order valence-electron chi connectivity index (χ3n) is 4.06. The van der Waals surface area contributed by atoms with Crippen LogP contribution in [0.3, 0.4) is 0 Å². The van der Waals surface area contributed by atoms with Crippen molar-refractivity contribution < 1.29 is 14.3 Å². The number of aromatic nitrogens is 1. The Morgan fingerprint density at radius 2 is 2.04 bits per heavy atom. The van der Waals surface area contributed by atoms with Crippen molar-refractivity contribution in [2.24, 2.45) is 0 Å². The molecule has 2 heterocycles. The molecule has 0 amide bonds. The molecule has 0 atom stereocenters. The molecule has 25 heavy (non-hydrogen) atoms. The highest BCUT2D eigenvalue weighted by Crippen LogP contribution is 2.39. The van der Waals surface area contributed by atoms with Crippen molar-refractivity contribution in [3.05, 3.63) is 71.7 Å². The molecule has 0 bridgehead atoms. The van der Waals surface area contributed by atoms with E-state index in [2.05, 4.69) is 11.6 Å². The Kier molecular flexibility index (Phi) is 4.42. The zero-order valence-corrected chi connectivity index (χ0v) is 14.1. The van der Waals surface area contributed by atoms with Gasteiger partial charge in [-0.05, 0) is 24.1 Å². The van der Waals surface area contributed by atoms with Crippen LogP contribution in [0.2, 0.25) is 0 Å². The number of allylic oxidation sites excluding steroid dienone is 2. The molecule has 0 fully saturated rings. The normalized spacial score (nSPS) is 13.0. The van der Waals surface area contributed by atoms with E-state index in [9.17, 15) is 9.59 Å². The smallest absolute Gasteiger partial charge is 0.354 e. The van der Waals surface area contributed by atoms with Crippen molar-refractivity contribution in [3.8, 4) is 0 Å². The number of carbonyl (C=O) groups excluding carboxylic acids is 2. The topological polar surface area (TPSA) is 62.4 Å². The first-order valence-corrected chi connectivity index (χ1v) is 7.92. The van der Waals surface area contributed by atoms with Crippen molar-refractivity contribution in [2.75, 3.05) is 13.7 Å². The number of esters is 1. The summed E-state index contributed by atoms with van der Waals surface area (Å²) in [6.45, 7) is 6.21. The van der Waals surface area contributed by atoms with E-state index in [-0.39, 0.29) is 6.61 Å². The number of nitrogens with zero attached hydrogens (tertiary/aromatic N) is 1. The summed E-state index contributed by atoms with van der Waals surface area (Å²) in [5.74, 6) is 1.46. The Hall–Kier alpha value is -3.30. The van der Waals surface area contributed by atoms with Crippen molar-refractivity contribution in [3.63, 3.8) is 0 Å². The molecule has 0 radical (unpaired) electrons. The molecule has 0 aliphatic carbocycles. The van der Waals surface area contributed by atoms with Crippen LogP contribution in [0.25, 0.3) is 16.8 Å². The van der Waals surface area contributed by atoms with Crippen molar-refractivity contribution in [2.45, 2.75) is 6.92 Å². The minimum atomic E-state index is -0.463. The number of benzene rings is 1. The van der Waals surface area contributed by atoms with Gasteiger partial charge >= 0.3 is 5.97 Å². The molecule has 0 saturated heterocycles. The summed E-state index contributed by atoms with van der Waals surface area (Å²) in [6, 6.07) is 11.4. The maximum atomic E-state index is 12.1. The van der Waals surface area contributed by atoms with Gasteiger partial charge in [0.15, 0.2) is 11.6 Å². The Bertz CT molecular complexity index is 916. The second-order valence-electron chi connectivity index (χ2n) is 5.64. The van der Waals surface area contributed by atoms with Gasteiger partial charge < -0.3 is 14.6 Å². The van der Waals surface area contributed by atoms with Crippen LogP contribution in [0.5, 0.6) is 0 Å². The van der Waals surface area contributed by atoms with Gasteiger partial charge in [0.05, 0.1) is 12.3 Å². The van der Waals surface area contributed by atoms with Gasteiger partial charge in [0.25, 0.3) is 0 Å². The zero-order valence-electron chi connectivity index (χ0n) is 14.1. The number of carbonyl (C=O) groups is 1. The Balaban J connectivity index is 2.12. The average Bonchev–Trinajstić information content (AvgIpc) is 3.06. The number of H-pyrrole nitrogens is 1. The first-order chi connectivity index (χ1) is 12.1.